The highest BCUT2D eigenvalue weighted by molar-refractivity contribution is 6.00. The van der Waals surface area contributed by atoms with Crippen LogP contribution in [0.25, 0.3) is 22.2 Å². The first-order chi connectivity index (χ1) is 10.3. The maximum Gasteiger partial charge on any atom is 0.238 e. The molecule has 0 spiro atoms. The molecule has 0 bridgehead atoms. The summed E-state index contributed by atoms with van der Waals surface area (Å²) in [6, 6.07) is 4.35. The molecule has 0 amide bonds. The highest BCUT2D eigenvalue weighted by Gasteiger charge is 2.21. The summed E-state index contributed by atoms with van der Waals surface area (Å²) in [6.45, 7) is 1.91. The van der Waals surface area contributed by atoms with E-state index in [1.54, 1.807) is 12.4 Å². The van der Waals surface area contributed by atoms with Crippen LogP contribution in [-0.2, 0) is 0 Å². The van der Waals surface area contributed by atoms with Crippen LogP contribution in [0.15, 0.2) is 28.9 Å². The van der Waals surface area contributed by atoms with Crippen molar-refractivity contribution in [3.8, 4) is 0 Å². The number of anilines is 1. The Balaban J connectivity index is 1.65. The summed E-state index contributed by atoms with van der Waals surface area (Å²) in [7, 11) is 1.99. The van der Waals surface area contributed by atoms with Gasteiger partial charge < -0.3 is 9.73 Å². The van der Waals surface area contributed by atoms with Crippen molar-refractivity contribution >= 4 is 28.1 Å². The molecule has 2 N–H and O–H groups in total. The summed E-state index contributed by atoms with van der Waals surface area (Å²) in [5.74, 6) is 0.589. The Morgan fingerprint density at radius 2 is 2.33 bits per heavy atom. The molecule has 1 aliphatic rings. The first-order valence-electron chi connectivity index (χ1n) is 7.02. The third-order valence-electron chi connectivity index (χ3n) is 3.84. The second-order valence-electron chi connectivity index (χ2n) is 5.20. The van der Waals surface area contributed by atoms with Gasteiger partial charge in [0.05, 0.1) is 11.6 Å². The number of hydrogen-bond donors (Lipinski definition) is 2. The molecule has 21 heavy (non-hydrogen) atoms. The van der Waals surface area contributed by atoms with Crippen LogP contribution in [0.4, 0.5) is 5.95 Å². The van der Waals surface area contributed by atoms with E-state index in [2.05, 4.69) is 30.7 Å². The van der Waals surface area contributed by atoms with Crippen LogP contribution >= 0.6 is 0 Å². The molecule has 0 saturated carbocycles. The minimum absolute atomic E-state index is 0.514. The summed E-state index contributed by atoms with van der Waals surface area (Å²) in [5.41, 5.74) is 5.30. The fourth-order valence-electron chi connectivity index (χ4n) is 2.69. The highest BCUT2D eigenvalue weighted by Crippen LogP contribution is 2.25. The van der Waals surface area contributed by atoms with Gasteiger partial charge in [-0.2, -0.15) is 0 Å². The van der Waals surface area contributed by atoms with Crippen molar-refractivity contribution in [3.05, 3.63) is 24.5 Å². The summed E-state index contributed by atoms with van der Waals surface area (Å²) >= 11 is 0. The second-order valence-corrected chi connectivity index (χ2v) is 5.20. The Hall–Kier alpha value is -2.25. The minimum atomic E-state index is 0.514. The standard InChI is InChI=1S/C14H16N6O/c1-15-9-4-6-20(8-9)19-14-17-7-11-12(18-14)10-3-2-5-16-13(10)21-11/h2-3,5,7,9,15H,4,6,8H2,1H3,(H,17,18,19). The number of nitrogens with zero attached hydrogens (tertiary/aromatic N) is 4. The number of rotatable bonds is 3. The Bertz CT molecular complexity index is 785. The minimum Gasteiger partial charge on any atom is -0.434 e. The topological polar surface area (TPSA) is 79.1 Å². The SMILES string of the molecule is CNC1CCN(Nc2ncc3oc4ncccc4c3n2)C1. The van der Waals surface area contributed by atoms with Crippen molar-refractivity contribution in [1.29, 1.82) is 0 Å². The van der Waals surface area contributed by atoms with Crippen LogP contribution in [0.2, 0.25) is 0 Å². The zero-order chi connectivity index (χ0) is 14.2. The lowest BCUT2D eigenvalue weighted by atomic mass is 10.3. The van der Waals surface area contributed by atoms with Gasteiger partial charge in [-0.1, -0.05) is 0 Å². The van der Waals surface area contributed by atoms with Crippen molar-refractivity contribution in [2.24, 2.45) is 0 Å². The van der Waals surface area contributed by atoms with Gasteiger partial charge in [-0.25, -0.2) is 20.0 Å². The van der Waals surface area contributed by atoms with Gasteiger partial charge in [-0.3, -0.25) is 5.43 Å². The predicted octanol–water partition coefficient (Wildman–Crippen LogP) is 1.39. The number of likely N-dealkylation sites (N-methyl/N-ethyl adjacent to an activating group) is 1. The average molecular weight is 284 g/mol. The van der Waals surface area contributed by atoms with Crippen molar-refractivity contribution in [2.75, 3.05) is 25.6 Å². The first kappa shape index (κ1) is 12.5. The normalized spacial score (nSPS) is 19.6. The van der Waals surface area contributed by atoms with Crippen molar-refractivity contribution in [2.45, 2.75) is 12.5 Å². The van der Waals surface area contributed by atoms with Gasteiger partial charge in [-0.15, -0.1) is 0 Å². The fraction of sp³-hybridized carbons (Fsp3) is 0.357. The summed E-state index contributed by atoms with van der Waals surface area (Å²) in [4.78, 5) is 13.1. The molecular formula is C14H16N6O. The van der Waals surface area contributed by atoms with E-state index in [1.807, 2.05) is 19.2 Å². The molecule has 1 unspecified atom stereocenters. The van der Waals surface area contributed by atoms with E-state index in [0.717, 1.165) is 30.4 Å². The van der Waals surface area contributed by atoms with E-state index >= 15 is 0 Å². The lowest BCUT2D eigenvalue weighted by Crippen LogP contribution is -2.33. The maximum absolute atomic E-state index is 5.62. The van der Waals surface area contributed by atoms with Crippen LogP contribution in [0.5, 0.6) is 0 Å². The molecule has 108 valence electrons. The molecule has 7 heteroatoms. The molecule has 4 heterocycles. The van der Waals surface area contributed by atoms with Crippen LogP contribution in [-0.4, -0.2) is 46.1 Å². The number of hydrazine groups is 1. The number of furan rings is 1. The predicted molar refractivity (Wildman–Crippen MR) is 79.8 cm³/mol. The largest absolute Gasteiger partial charge is 0.434 e. The number of pyridine rings is 1. The molecule has 0 radical (unpaired) electrons. The Labute approximate surface area is 121 Å². The highest BCUT2D eigenvalue weighted by atomic mass is 16.3. The second kappa shape index (κ2) is 4.94. The van der Waals surface area contributed by atoms with E-state index in [-0.39, 0.29) is 0 Å². The van der Waals surface area contributed by atoms with E-state index in [0.29, 0.717) is 23.3 Å². The molecule has 3 aromatic rings. The van der Waals surface area contributed by atoms with E-state index < -0.39 is 0 Å². The van der Waals surface area contributed by atoms with Crippen molar-refractivity contribution in [1.82, 2.24) is 25.3 Å². The zero-order valence-corrected chi connectivity index (χ0v) is 11.7. The molecule has 7 nitrogen and oxygen atoms in total. The third kappa shape index (κ3) is 2.20. The number of fused-ring (bicyclic) bond motifs is 3. The Kier molecular flexibility index (Phi) is 2.94. The molecule has 1 fully saturated rings. The molecule has 4 rings (SSSR count). The van der Waals surface area contributed by atoms with Crippen LogP contribution in [0.1, 0.15) is 6.42 Å². The van der Waals surface area contributed by atoms with Crippen LogP contribution < -0.4 is 10.7 Å². The quantitative estimate of drug-likeness (QED) is 0.752. The average Bonchev–Trinajstić information content (AvgIpc) is 3.11. The van der Waals surface area contributed by atoms with Gasteiger partial charge >= 0.3 is 0 Å². The summed E-state index contributed by atoms with van der Waals surface area (Å²) in [6.07, 6.45) is 4.52. The van der Waals surface area contributed by atoms with Gasteiger partial charge in [0.25, 0.3) is 0 Å². The fourth-order valence-corrected chi connectivity index (χ4v) is 2.69. The van der Waals surface area contributed by atoms with E-state index in [1.165, 1.54) is 0 Å². The van der Waals surface area contributed by atoms with Crippen molar-refractivity contribution < 1.29 is 4.42 Å². The van der Waals surface area contributed by atoms with Gasteiger partial charge in [0, 0.05) is 25.3 Å². The third-order valence-corrected chi connectivity index (χ3v) is 3.84. The first-order valence-corrected chi connectivity index (χ1v) is 7.02. The van der Waals surface area contributed by atoms with Gasteiger partial charge in [0.1, 0.15) is 5.52 Å². The number of hydrogen-bond acceptors (Lipinski definition) is 7. The lowest BCUT2D eigenvalue weighted by molar-refractivity contribution is 0.393. The van der Waals surface area contributed by atoms with E-state index in [4.69, 9.17) is 4.42 Å². The molecule has 1 atom stereocenters. The molecule has 0 aromatic carbocycles. The molecule has 1 saturated heterocycles. The summed E-state index contributed by atoms with van der Waals surface area (Å²) in [5, 5.41) is 6.32. The van der Waals surface area contributed by atoms with E-state index in [9.17, 15) is 0 Å². The molecule has 3 aromatic heterocycles. The van der Waals surface area contributed by atoms with Crippen LogP contribution in [0, 0.1) is 0 Å². The smallest absolute Gasteiger partial charge is 0.238 e. The summed E-state index contributed by atoms with van der Waals surface area (Å²) < 4.78 is 5.62. The molecular weight excluding hydrogens is 268 g/mol. The maximum atomic E-state index is 5.62. The zero-order valence-electron chi connectivity index (χ0n) is 11.7. The van der Waals surface area contributed by atoms with Gasteiger partial charge in [-0.05, 0) is 25.6 Å². The molecule has 1 aliphatic heterocycles. The van der Waals surface area contributed by atoms with Gasteiger partial charge in [0.15, 0.2) is 5.58 Å². The number of aromatic nitrogens is 3. The monoisotopic (exact) mass is 284 g/mol. The lowest BCUT2D eigenvalue weighted by Gasteiger charge is -2.16. The van der Waals surface area contributed by atoms with Crippen LogP contribution in [0.3, 0.4) is 0 Å². The molecule has 0 aliphatic carbocycles. The van der Waals surface area contributed by atoms with Crippen molar-refractivity contribution in [3.63, 3.8) is 0 Å². The number of nitrogens with one attached hydrogen (secondary N) is 2. The Morgan fingerprint density at radius 3 is 3.19 bits per heavy atom. The Morgan fingerprint density at radius 1 is 1.38 bits per heavy atom. The van der Waals surface area contributed by atoms with Gasteiger partial charge in [0.2, 0.25) is 11.7 Å².